The maximum atomic E-state index is 8.83. The third-order valence-corrected chi connectivity index (χ3v) is 1.25. The van der Waals surface area contributed by atoms with Crippen LogP contribution in [-0.4, -0.2) is 40.2 Å². The lowest BCUT2D eigenvalue weighted by Gasteiger charge is -2.27. The third kappa shape index (κ3) is 1.40. The average Bonchev–Trinajstić information content (AvgIpc) is 1.83. The molecule has 0 saturated carbocycles. The molecule has 4 nitrogen and oxygen atoms in total. The van der Waals surface area contributed by atoms with Crippen molar-refractivity contribution < 1.29 is 20.1 Å². The van der Waals surface area contributed by atoms with Gasteiger partial charge in [0.1, 0.15) is 24.9 Å². The van der Waals surface area contributed by atoms with Gasteiger partial charge >= 0.3 is 0 Å². The fourth-order valence-corrected chi connectivity index (χ4v) is 0.659. The summed E-state index contributed by atoms with van der Waals surface area (Å²) in [7, 11) is 0. The molecule has 0 unspecified atom stereocenters. The van der Waals surface area contributed by atoms with E-state index < -0.39 is 18.3 Å². The Bertz CT molecular complexity index is 85.0. The molecule has 0 aromatic heterocycles. The maximum absolute atomic E-state index is 8.83. The van der Waals surface area contributed by atoms with E-state index >= 15 is 0 Å². The highest BCUT2D eigenvalue weighted by Crippen LogP contribution is 2.10. The Balaban J connectivity index is 2.41. The summed E-state index contributed by atoms with van der Waals surface area (Å²) in [6.07, 6.45) is -3.13. The molecule has 1 heterocycles. The van der Waals surface area contributed by atoms with Crippen LogP contribution in [0.25, 0.3) is 0 Å². The molecular formula is C5H9O4. The minimum atomic E-state index is -1.10. The average molecular weight is 133 g/mol. The molecule has 1 fully saturated rings. The van der Waals surface area contributed by atoms with E-state index in [9.17, 15) is 0 Å². The highest BCUT2D eigenvalue weighted by Gasteiger charge is 2.29. The van der Waals surface area contributed by atoms with Crippen LogP contribution in [0.1, 0.15) is 0 Å². The van der Waals surface area contributed by atoms with E-state index in [1.165, 1.54) is 0 Å². The SMILES string of the molecule is O[C@H]1[C@H](O)[CH]OC[C@@H]1O. The van der Waals surface area contributed by atoms with Gasteiger partial charge in [0.15, 0.2) is 0 Å². The van der Waals surface area contributed by atoms with E-state index in [4.69, 9.17) is 15.3 Å². The lowest BCUT2D eigenvalue weighted by atomic mass is 10.1. The number of aliphatic hydroxyl groups is 3. The van der Waals surface area contributed by atoms with Gasteiger partial charge in [0.05, 0.1) is 6.61 Å². The second-order valence-corrected chi connectivity index (χ2v) is 2.02. The maximum Gasteiger partial charge on any atom is 0.115 e. The second-order valence-electron chi connectivity index (χ2n) is 2.02. The largest absolute Gasteiger partial charge is 0.388 e. The second kappa shape index (κ2) is 2.62. The molecule has 1 aliphatic heterocycles. The van der Waals surface area contributed by atoms with Gasteiger partial charge in [-0.2, -0.15) is 0 Å². The summed E-state index contributed by atoms with van der Waals surface area (Å²) in [5.74, 6) is 0. The van der Waals surface area contributed by atoms with Crippen LogP contribution < -0.4 is 0 Å². The predicted octanol–water partition coefficient (Wildman–Crippen LogP) is -1.74. The predicted molar refractivity (Wildman–Crippen MR) is 28.3 cm³/mol. The van der Waals surface area contributed by atoms with Gasteiger partial charge in [0.25, 0.3) is 0 Å². The smallest absolute Gasteiger partial charge is 0.115 e. The van der Waals surface area contributed by atoms with Crippen LogP contribution >= 0.6 is 0 Å². The summed E-state index contributed by atoms with van der Waals surface area (Å²) in [6, 6.07) is 0. The van der Waals surface area contributed by atoms with Crippen LogP contribution in [0.4, 0.5) is 0 Å². The van der Waals surface area contributed by atoms with Crippen LogP contribution in [0.2, 0.25) is 0 Å². The highest BCUT2D eigenvalue weighted by molar-refractivity contribution is 4.85. The first-order valence-electron chi connectivity index (χ1n) is 2.71. The van der Waals surface area contributed by atoms with Gasteiger partial charge in [-0.15, -0.1) is 0 Å². The molecule has 1 aliphatic rings. The Hall–Kier alpha value is -0.160. The Morgan fingerprint density at radius 3 is 2.44 bits per heavy atom. The van der Waals surface area contributed by atoms with Crippen molar-refractivity contribution in [2.75, 3.05) is 6.61 Å². The minimum absolute atomic E-state index is 0.0538. The zero-order valence-electron chi connectivity index (χ0n) is 4.77. The first kappa shape index (κ1) is 6.95. The fraction of sp³-hybridized carbons (Fsp3) is 0.800. The van der Waals surface area contributed by atoms with E-state index in [0.29, 0.717) is 0 Å². The van der Waals surface area contributed by atoms with Crippen LogP contribution in [0.15, 0.2) is 0 Å². The number of hydrogen-bond donors (Lipinski definition) is 3. The highest BCUT2D eigenvalue weighted by atomic mass is 16.5. The molecule has 1 saturated heterocycles. The molecule has 0 aromatic rings. The molecular weight excluding hydrogens is 124 g/mol. The van der Waals surface area contributed by atoms with Crippen molar-refractivity contribution in [3.8, 4) is 0 Å². The molecule has 3 atom stereocenters. The fourth-order valence-electron chi connectivity index (χ4n) is 0.659. The lowest BCUT2D eigenvalue weighted by molar-refractivity contribution is -0.124. The van der Waals surface area contributed by atoms with Crippen molar-refractivity contribution in [1.82, 2.24) is 0 Å². The molecule has 0 bridgehead atoms. The Labute approximate surface area is 52.7 Å². The molecule has 1 rings (SSSR count). The third-order valence-electron chi connectivity index (χ3n) is 1.25. The first-order valence-corrected chi connectivity index (χ1v) is 2.71. The number of aliphatic hydroxyl groups excluding tert-OH is 3. The quantitative estimate of drug-likeness (QED) is 0.367. The van der Waals surface area contributed by atoms with Crippen LogP contribution in [-0.2, 0) is 4.74 Å². The Morgan fingerprint density at radius 1 is 1.33 bits per heavy atom. The Kier molecular flexibility index (Phi) is 2.02. The van der Waals surface area contributed by atoms with Crippen LogP contribution in [0.3, 0.4) is 0 Å². The monoisotopic (exact) mass is 133 g/mol. The summed E-state index contributed by atoms with van der Waals surface area (Å²) < 4.78 is 4.58. The van der Waals surface area contributed by atoms with E-state index in [2.05, 4.69) is 4.74 Å². The zero-order valence-corrected chi connectivity index (χ0v) is 4.77. The van der Waals surface area contributed by atoms with Gasteiger partial charge in [-0.1, -0.05) is 0 Å². The molecule has 4 heteroatoms. The van der Waals surface area contributed by atoms with Gasteiger partial charge in [-0.25, -0.2) is 0 Å². The number of hydrogen-bond acceptors (Lipinski definition) is 4. The summed E-state index contributed by atoms with van der Waals surface area (Å²) in [4.78, 5) is 0. The topological polar surface area (TPSA) is 69.9 Å². The normalized spacial score (nSPS) is 45.0. The Morgan fingerprint density at radius 2 is 2.00 bits per heavy atom. The van der Waals surface area contributed by atoms with Crippen molar-refractivity contribution in [3.63, 3.8) is 0 Å². The molecule has 3 N–H and O–H groups in total. The van der Waals surface area contributed by atoms with Gasteiger partial charge in [0.2, 0.25) is 0 Å². The van der Waals surface area contributed by atoms with Gasteiger partial charge in [0, 0.05) is 0 Å². The van der Waals surface area contributed by atoms with Crippen molar-refractivity contribution in [1.29, 1.82) is 0 Å². The standard InChI is InChI=1S/C5H9O4/c6-3-1-9-2-4(7)5(3)8/h1,3-8H,2H2/t3-,4+,5+/m1/s1. The molecule has 0 aliphatic carbocycles. The molecule has 9 heavy (non-hydrogen) atoms. The van der Waals surface area contributed by atoms with E-state index in [0.717, 1.165) is 6.61 Å². The van der Waals surface area contributed by atoms with Gasteiger partial charge in [-0.05, 0) is 0 Å². The van der Waals surface area contributed by atoms with Gasteiger partial charge in [-0.3, -0.25) is 0 Å². The lowest BCUT2D eigenvalue weighted by Crippen LogP contribution is -2.44. The summed E-state index contributed by atoms with van der Waals surface area (Å²) >= 11 is 0. The van der Waals surface area contributed by atoms with Crippen molar-refractivity contribution >= 4 is 0 Å². The van der Waals surface area contributed by atoms with Crippen molar-refractivity contribution in [3.05, 3.63) is 6.61 Å². The summed E-state index contributed by atoms with van der Waals surface area (Å²) in [6.45, 7) is 1.16. The van der Waals surface area contributed by atoms with Crippen molar-refractivity contribution in [2.45, 2.75) is 18.3 Å². The van der Waals surface area contributed by atoms with E-state index in [-0.39, 0.29) is 6.61 Å². The molecule has 0 amide bonds. The molecule has 0 aromatic carbocycles. The number of rotatable bonds is 0. The molecule has 53 valence electrons. The summed E-state index contributed by atoms with van der Waals surface area (Å²) in [5, 5.41) is 26.4. The van der Waals surface area contributed by atoms with Crippen LogP contribution in [0.5, 0.6) is 0 Å². The van der Waals surface area contributed by atoms with Crippen molar-refractivity contribution in [2.24, 2.45) is 0 Å². The van der Waals surface area contributed by atoms with Crippen LogP contribution in [0, 0.1) is 6.61 Å². The summed E-state index contributed by atoms with van der Waals surface area (Å²) in [5.41, 5.74) is 0. The molecule has 1 radical (unpaired) electrons. The first-order chi connectivity index (χ1) is 4.22. The number of ether oxygens (including phenoxy) is 1. The van der Waals surface area contributed by atoms with E-state index in [1.807, 2.05) is 0 Å². The molecule has 0 spiro atoms. The van der Waals surface area contributed by atoms with E-state index in [1.54, 1.807) is 0 Å². The minimum Gasteiger partial charge on any atom is -0.388 e. The zero-order chi connectivity index (χ0) is 6.85. The van der Waals surface area contributed by atoms with Gasteiger partial charge < -0.3 is 20.1 Å².